The van der Waals surface area contributed by atoms with Crippen LogP contribution in [0.3, 0.4) is 0 Å². The third-order valence-corrected chi connectivity index (χ3v) is 8.55. The van der Waals surface area contributed by atoms with Crippen LogP contribution in [-0.2, 0) is 24.0 Å². The summed E-state index contributed by atoms with van der Waals surface area (Å²) >= 11 is 0. The lowest BCUT2D eigenvalue weighted by atomic mass is 9.84. The average Bonchev–Trinajstić information content (AvgIpc) is 3.36. The van der Waals surface area contributed by atoms with Crippen LogP contribution in [0.2, 0.25) is 0 Å². The molecule has 5 rings (SSSR count). The first-order valence-electron chi connectivity index (χ1n) is 14.8. The van der Waals surface area contributed by atoms with Gasteiger partial charge in [-0.15, -0.1) is 0 Å². The number of nitrogens with one attached hydrogen (secondary N) is 4. The predicted octanol–water partition coefficient (Wildman–Crippen LogP) is 3.35. The van der Waals surface area contributed by atoms with Gasteiger partial charge in [0, 0.05) is 12.0 Å². The molecule has 14 heteroatoms. The summed E-state index contributed by atoms with van der Waals surface area (Å²) in [7, 11) is 0. The predicted molar refractivity (Wildman–Crippen MR) is 151 cm³/mol. The van der Waals surface area contributed by atoms with Crippen LogP contribution >= 0.6 is 0 Å². The van der Waals surface area contributed by atoms with Crippen LogP contribution < -0.4 is 26.0 Å². The molecule has 45 heavy (non-hydrogen) atoms. The van der Waals surface area contributed by atoms with E-state index in [1.54, 1.807) is 0 Å². The van der Waals surface area contributed by atoms with Crippen LogP contribution in [0.4, 0.5) is 23.2 Å². The molecule has 1 aliphatic carbocycles. The van der Waals surface area contributed by atoms with Gasteiger partial charge in [0.25, 0.3) is 0 Å². The summed E-state index contributed by atoms with van der Waals surface area (Å²) in [5, 5.41) is 9.62. The maximum absolute atomic E-state index is 14.7. The van der Waals surface area contributed by atoms with Gasteiger partial charge in [-0.05, 0) is 37.3 Å². The Bertz CT molecular complexity index is 1520. The second-order valence-electron chi connectivity index (χ2n) is 11.6. The first-order valence-corrected chi connectivity index (χ1v) is 14.8. The van der Waals surface area contributed by atoms with Gasteiger partial charge in [-0.25, -0.2) is 13.2 Å². The van der Waals surface area contributed by atoms with Gasteiger partial charge in [0.2, 0.25) is 17.6 Å². The number of hydrogen-bond acceptors (Lipinski definition) is 6. The molecule has 0 spiro atoms. The van der Waals surface area contributed by atoms with E-state index in [9.17, 15) is 41.5 Å². The molecule has 2 aliphatic heterocycles. The van der Waals surface area contributed by atoms with Gasteiger partial charge >= 0.3 is 11.8 Å². The molecule has 2 fully saturated rings. The SMILES string of the molecule is O=C(Nc1ccccc1F)C(=O)N[C@@H](CC1CCCCC1)C(=O)N[C@H]1C[C@@H]2CC(NC2=O)c2c(F)cc(F)c(F)c2OCC1=O. The summed E-state index contributed by atoms with van der Waals surface area (Å²) < 4.78 is 62.7. The zero-order valence-corrected chi connectivity index (χ0v) is 24.1. The van der Waals surface area contributed by atoms with Crippen LogP contribution in [0.15, 0.2) is 30.3 Å². The van der Waals surface area contributed by atoms with Crippen molar-refractivity contribution in [3.05, 3.63) is 59.2 Å². The van der Waals surface area contributed by atoms with Crippen molar-refractivity contribution in [1.82, 2.24) is 16.0 Å². The number of para-hydroxylation sites is 1. The lowest BCUT2D eigenvalue weighted by Crippen LogP contribution is -2.55. The van der Waals surface area contributed by atoms with E-state index in [4.69, 9.17) is 4.74 Å². The summed E-state index contributed by atoms with van der Waals surface area (Å²) in [6.45, 7) is -0.879. The molecule has 4 N–H and O–H groups in total. The smallest absolute Gasteiger partial charge is 0.313 e. The molecule has 10 nitrogen and oxygen atoms in total. The zero-order valence-electron chi connectivity index (χ0n) is 24.1. The van der Waals surface area contributed by atoms with Gasteiger partial charge in [-0.3, -0.25) is 24.0 Å². The first-order chi connectivity index (χ1) is 21.5. The zero-order chi connectivity index (χ0) is 32.2. The number of amides is 4. The van der Waals surface area contributed by atoms with Gasteiger partial charge in [-0.1, -0.05) is 44.2 Å². The second-order valence-corrected chi connectivity index (χ2v) is 11.6. The van der Waals surface area contributed by atoms with Crippen molar-refractivity contribution < 1.29 is 46.3 Å². The fourth-order valence-electron chi connectivity index (χ4n) is 6.21. The third-order valence-electron chi connectivity index (χ3n) is 8.55. The summed E-state index contributed by atoms with van der Waals surface area (Å²) in [6.07, 6.45) is 4.24. The highest BCUT2D eigenvalue weighted by atomic mass is 19.2. The van der Waals surface area contributed by atoms with E-state index in [-0.39, 0.29) is 30.9 Å². The number of halogens is 4. The third kappa shape index (κ3) is 7.26. The molecule has 2 heterocycles. The van der Waals surface area contributed by atoms with E-state index < -0.39 is 94.6 Å². The van der Waals surface area contributed by atoms with Crippen molar-refractivity contribution in [1.29, 1.82) is 0 Å². The molecule has 1 unspecified atom stereocenters. The van der Waals surface area contributed by atoms with Crippen molar-refractivity contribution in [2.75, 3.05) is 11.9 Å². The highest BCUT2D eigenvalue weighted by Gasteiger charge is 2.42. The Hall–Kier alpha value is -4.49. The van der Waals surface area contributed by atoms with Crippen LogP contribution in [0.25, 0.3) is 0 Å². The molecular formula is C31H32F4N4O6. The van der Waals surface area contributed by atoms with E-state index in [1.165, 1.54) is 18.2 Å². The Balaban J connectivity index is 1.35. The van der Waals surface area contributed by atoms with Crippen LogP contribution in [0.1, 0.15) is 63.0 Å². The number of hydrogen-bond donors (Lipinski definition) is 4. The Morgan fingerprint density at radius 1 is 0.933 bits per heavy atom. The van der Waals surface area contributed by atoms with Crippen LogP contribution in [0, 0.1) is 35.1 Å². The van der Waals surface area contributed by atoms with E-state index in [0.29, 0.717) is 6.07 Å². The lowest BCUT2D eigenvalue weighted by Gasteiger charge is -2.28. The largest absolute Gasteiger partial charge is 0.482 e. The number of carbonyl (C=O) groups is 5. The van der Waals surface area contributed by atoms with E-state index in [0.717, 1.165) is 38.2 Å². The molecular weight excluding hydrogens is 600 g/mol. The molecule has 0 aromatic heterocycles. The van der Waals surface area contributed by atoms with Gasteiger partial charge in [-0.2, -0.15) is 4.39 Å². The van der Waals surface area contributed by atoms with Crippen LogP contribution in [0.5, 0.6) is 5.75 Å². The summed E-state index contributed by atoms with van der Waals surface area (Å²) in [5.74, 6) is -11.3. The minimum absolute atomic E-state index is 0.0261. The summed E-state index contributed by atoms with van der Waals surface area (Å²) in [5.41, 5.74) is -0.645. The summed E-state index contributed by atoms with van der Waals surface area (Å²) in [6, 6.07) is 1.87. The molecule has 2 aromatic rings. The number of ketones is 1. The molecule has 0 radical (unpaired) electrons. The normalized spacial score (nSPS) is 22.4. The number of rotatable bonds is 6. The van der Waals surface area contributed by atoms with Gasteiger partial charge in [0.05, 0.1) is 23.3 Å². The van der Waals surface area contributed by atoms with Gasteiger partial charge < -0.3 is 26.0 Å². The van der Waals surface area contributed by atoms with E-state index >= 15 is 0 Å². The lowest BCUT2D eigenvalue weighted by molar-refractivity contribution is -0.138. The minimum Gasteiger partial charge on any atom is -0.482 e. The number of benzene rings is 2. The highest BCUT2D eigenvalue weighted by Crippen LogP contribution is 2.40. The number of ether oxygens (including phenoxy) is 1. The standard InChI is InChI=1S/C31H32F4N4O6/c32-17-8-4-5-9-20(17)36-30(43)31(44)39-23(10-15-6-2-1-3-7-15)29(42)37-21-11-16-12-22(38-28(16)41)25-18(33)13-19(34)26(35)27(25)45-14-24(21)40/h4-5,8-9,13,15-16,21-23H,1-3,6-7,10-12,14H2,(H,36,43)(H,37,42)(H,38,41)(H,39,44)/t16-,21+,22?,23+/m1/s1. The van der Waals surface area contributed by atoms with Crippen molar-refractivity contribution in [3.63, 3.8) is 0 Å². The maximum Gasteiger partial charge on any atom is 0.313 e. The monoisotopic (exact) mass is 632 g/mol. The molecule has 4 atom stereocenters. The molecule has 1 saturated carbocycles. The number of carbonyl (C=O) groups excluding carboxylic acids is 5. The Morgan fingerprint density at radius 2 is 1.67 bits per heavy atom. The Kier molecular flexibility index (Phi) is 9.68. The second kappa shape index (κ2) is 13.7. The summed E-state index contributed by atoms with van der Waals surface area (Å²) in [4.78, 5) is 65.1. The highest BCUT2D eigenvalue weighted by molar-refractivity contribution is 6.40. The maximum atomic E-state index is 14.7. The molecule has 2 aromatic carbocycles. The topological polar surface area (TPSA) is 143 Å². The molecule has 2 bridgehead atoms. The van der Waals surface area contributed by atoms with Crippen LogP contribution in [-0.4, -0.2) is 48.1 Å². The fraction of sp³-hybridized carbons (Fsp3) is 0.452. The number of anilines is 1. The van der Waals surface area contributed by atoms with Crippen molar-refractivity contribution >= 4 is 35.1 Å². The Morgan fingerprint density at radius 3 is 2.40 bits per heavy atom. The minimum atomic E-state index is -1.54. The van der Waals surface area contributed by atoms with Crippen molar-refractivity contribution in [3.8, 4) is 5.75 Å². The quantitative estimate of drug-likeness (QED) is 0.219. The van der Waals surface area contributed by atoms with Gasteiger partial charge in [0.15, 0.2) is 17.3 Å². The molecule has 4 amide bonds. The fourth-order valence-corrected chi connectivity index (χ4v) is 6.21. The van der Waals surface area contributed by atoms with E-state index in [1.807, 2.05) is 0 Å². The molecule has 3 aliphatic rings. The Labute approximate surface area is 255 Å². The first kappa shape index (κ1) is 31.9. The van der Waals surface area contributed by atoms with Crippen molar-refractivity contribution in [2.24, 2.45) is 11.8 Å². The number of fused-ring (bicyclic) bond motifs is 4. The average molecular weight is 633 g/mol. The van der Waals surface area contributed by atoms with Gasteiger partial charge in [0.1, 0.15) is 24.3 Å². The van der Waals surface area contributed by atoms with Crippen molar-refractivity contribution in [2.45, 2.75) is 69.5 Å². The van der Waals surface area contributed by atoms with E-state index in [2.05, 4.69) is 21.3 Å². The molecule has 240 valence electrons. The number of Topliss-reactive ketones (excluding diaryl/α,β-unsaturated/α-hetero) is 1. The molecule has 1 saturated heterocycles.